The summed E-state index contributed by atoms with van der Waals surface area (Å²) in [5.41, 5.74) is 1.24. The molecule has 5 heteroatoms. The van der Waals surface area contributed by atoms with Crippen LogP contribution in [0.4, 0.5) is 4.39 Å². The summed E-state index contributed by atoms with van der Waals surface area (Å²) >= 11 is 0. The molecule has 25 heavy (non-hydrogen) atoms. The summed E-state index contributed by atoms with van der Waals surface area (Å²) in [6.45, 7) is 2.58. The number of likely N-dealkylation sites (tertiary alicyclic amines) is 1. The highest BCUT2D eigenvalue weighted by Gasteiger charge is 2.31. The number of nitrogens with zero attached hydrogens (tertiary/aromatic N) is 2. The van der Waals surface area contributed by atoms with E-state index in [9.17, 15) is 4.39 Å². The Morgan fingerprint density at radius 1 is 1.12 bits per heavy atom. The molecule has 0 radical (unpaired) electrons. The zero-order chi connectivity index (χ0) is 16.8. The molecule has 2 aromatic carbocycles. The number of hydrogen-bond donors (Lipinski definition) is 0. The maximum absolute atomic E-state index is 13.1. The van der Waals surface area contributed by atoms with Crippen molar-refractivity contribution in [3.63, 3.8) is 0 Å². The normalized spacial score (nSPS) is 20.3. The fourth-order valence-electron chi connectivity index (χ4n) is 3.26. The SMILES string of the molecule is Cl.N#CCCN1CCC(Oc2ccc(F)cc2)C(c2ccccc2)C1. The van der Waals surface area contributed by atoms with Gasteiger partial charge in [-0.15, -0.1) is 12.4 Å². The molecule has 1 heterocycles. The van der Waals surface area contributed by atoms with E-state index in [4.69, 9.17) is 10.00 Å². The Hall–Kier alpha value is -2.09. The Labute approximate surface area is 154 Å². The summed E-state index contributed by atoms with van der Waals surface area (Å²) in [6.07, 6.45) is 1.49. The van der Waals surface area contributed by atoms with Gasteiger partial charge in [0.2, 0.25) is 0 Å². The maximum Gasteiger partial charge on any atom is 0.123 e. The molecule has 132 valence electrons. The highest BCUT2D eigenvalue weighted by atomic mass is 35.5. The highest BCUT2D eigenvalue weighted by molar-refractivity contribution is 5.85. The van der Waals surface area contributed by atoms with E-state index in [-0.39, 0.29) is 30.2 Å². The van der Waals surface area contributed by atoms with E-state index in [1.807, 2.05) is 18.2 Å². The van der Waals surface area contributed by atoms with Crippen LogP contribution in [0.1, 0.15) is 24.3 Å². The van der Waals surface area contributed by atoms with Crippen molar-refractivity contribution >= 4 is 12.4 Å². The van der Waals surface area contributed by atoms with Gasteiger partial charge in [-0.25, -0.2) is 4.39 Å². The first-order chi connectivity index (χ1) is 11.8. The zero-order valence-electron chi connectivity index (χ0n) is 14.0. The Bertz CT molecular complexity index is 687. The van der Waals surface area contributed by atoms with Gasteiger partial charge in [-0.2, -0.15) is 5.26 Å². The lowest BCUT2D eigenvalue weighted by Crippen LogP contribution is -2.44. The van der Waals surface area contributed by atoms with Gasteiger partial charge in [-0.05, 0) is 36.2 Å². The number of halogens is 2. The molecule has 0 aliphatic carbocycles. The lowest BCUT2D eigenvalue weighted by atomic mass is 9.87. The second-order valence-electron chi connectivity index (χ2n) is 6.12. The predicted octanol–water partition coefficient (Wildman–Crippen LogP) is 4.40. The number of nitriles is 1. The van der Waals surface area contributed by atoms with Crippen molar-refractivity contribution in [3.05, 3.63) is 66.0 Å². The van der Waals surface area contributed by atoms with Gasteiger partial charge in [0, 0.05) is 32.0 Å². The highest BCUT2D eigenvalue weighted by Crippen LogP contribution is 2.31. The molecule has 1 fully saturated rings. The zero-order valence-corrected chi connectivity index (χ0v) is 14.8. The molecule has 0 N–H and O–H groups in total. The number of benzene rings is 2. The van der Waals surface area contributed by atoms with E-state index in [2.05, 4.69) is 23.1 Å². The third-order valence-electron chi connectivity index (χ3n) is 4.50. The average molecular weight is 361 g/mol. The molecule has 1 saturated heterocycles. The molecular weight excluding hydrogens is 339 g/mol. The first-order valence-electron chi connectivity index (χ1n) is 8.33. The van der Waals surface area contributed by atoms with Crippen LogP contribution in [0.15, 0.2) is 54.6 Å². The van der Waals surface area contributed by atoms with Gasteiger partial charge in [-0.1, -0.05) is 30.3 Å². The predicted molar refractivity (Wildman–Crippen MR) is 98.5 cm³/mol. The number of rotatable bonds is 5. The standard InChI is InChI=1S/C20H21FN2O.ClH/c21-17-7-9-18(10-8-17)24-20-11-14-23(13-4-12-22)15-19(20)16-5-2-1-3-6-16;/h1-3,5-10,19-20H,4,11,13-15H2;1H. The third kappa shape index (κ3) is 5.19. The summed E-state index contributed by atoms with van der Waals surface area (Å²) in [7, 11) is 0. The molecule has 2 atom stereocenters. The van der Waals surface area contributed by atoms with E-state index in [1.165, 1.54) is 17.7 Å². The van der Waals surface area contributed by atoms with Gasteiger partial charge in [-0.3, -0.25) is 0 Å². The quantitative estimate of drug-likeness (QED) is 0.793. The number of piperidine rings is 1. The Morgan fingerprint density at radius 2 is 1.84 bits per heavy atom. The van der Waals surface area contributed by atoms with Crippen molar-refractivity contribution in [3.8, 4) is 11.8 Å². The summed E-state index contributed by atoms with van der Waals surface area (Å²) in [5.74, 6) is 0.685. The molecule has 3 rings (SSSR count). The molecule has 0 amide bonds. The minimum atomic E-state index is -0.256. The molecule has 1 aliphatic heterocycles. The van der Waals surface area contributed by atoms with Crippen LogP contribution in [0.5, 0.6) is 5.75 Å². The van der Waals surface area contributed by atoms with Crippen molar-refractivity contribution in [2.45, 2.75) is 24.9 Å². The second-order valence-corrected chi connectivity index (χ2v) is 6.12. The van der Waals surface area contributed by atoms with Crippen molar-refractivity contribution < 1.29 is 9.13 Å². The van der Waals surface area contributed by atoms with E-state index in [1.54, 1.807) is 12.1 Å². The largest absolute Gasteiger partial charge is 0.490 e. The van der Waals surface area contributed by atoms with Crippen LogP contribution >= 0.6 is 12.4 Å². The second kappa shape index (κ2) is 9.41. The molecular formula is C20H22ClFN2O. The van der Waals surface area contributed by atoms with E-state index in [0.717, 1.165) is 26.1 Å². The molecule has 0 aromatic heterocycles. The van der Waals surface area contributed by atoms with Crippen molar-refractivity contribution in [2.24, 2.45) is 0 Å². The van der Waals surface area contributed by atoms with Crippen LogP contribution in [-0.2, 0) is 0 Å². The average Bonchev–Trinajstić information content (AvgIpc) is 2.63. The Balaban J connectivity index is 0.00000225. The van der Waals surface area contributed by atoms with E-state index >= 15 is 0 Å². The van der Waals surface area contributed by atoms with Crippen molar-refractivity contribution in [1.82, 2.24) is 4.90 Å². The summed E-state index contributed by atoms with van der Waals surface area (Å²) in [4.78, 5) is 2.32. The monoisotopic (exact) mass is 360 g/mol. The third-order valence-corrected chi connectivity index (χ3v) is 4.50. The molecule has 1 aliphatic rings. The molecule has 0 spiro atoms. The van der Waals surface area contributed by atoms with E-state index < -0.39 is 0 Å². The van der Waals surface area contributed by atoms with Gasteiger partial charge in [0.05, 0.1) is 6.07 Å². The minimum absolute atomic E-state index is 0. The first-order valence-corrected chi connectivity index (χ1v) is 8.33. The van der Waals surface area contributed by atoms with Gasteiger partial charge < -0.3 is 9.64 Å². The van der Waals surface area contributed by atoms with Gasteiger partial charge in [0.15, 0.2) is 0 Å². The topological polar surface area (TPSA) is 36.3 Å². The van der Waals surface area contributed by atoms with Crippen LogP contribution in [0.3, 0.4) is 0 Å². The lowest BCUT2D eigenvalue weighted by Gasteiger charge is -2.38. The number of ether oxygens (including phenoxy) is 1. The smallest absolute Gasteiger partial charge is 0.123 e. The summed E-state index contributed by atoms with van der Waals surface area (Å²) < 4.78 is 19.3. The summed E-state index contributed by atoms with van der Waals surface area (Å²) in [5, 5.41) is 8.82. The van der Waals surface area contributed by atoms with Gasteiger partial charge in [0.1, 0.15) is 17.7 Å². The van der Waals surface area contributed by atoms with Crippen LogP contribution in [0.25, 0.3) is 0 Å². The van der Waals surface area contributed by atoms with Crippen LogP contribution < -0.4 is 4.74 Å². The van der Waals surface area contributed by atoms with Crippen LogP contribution in [-0.4, -0.2) is 30.6 Å². The molecule has 0 saturated carbocycles. The van der Waals surface area contributed by atoms with Crippen LogP contribution in [0, 0.1) is 17.1 Å². The minimum Gasteiger partial charge on any atom is -0.490 e. The molecule has 2 unspecified atom stereocenters. The van der Waals surface area contributed by atoms with E-state index in [0.29, 0.717) is 12.2 Å². The maximum atomic E-state index is 13.1. The van der Waals surface area contributed by atoms with Gasteiger partial charge in [0.25, 0.3) is 0 Å². The molecule has 2 aromatic rings. The first kappa shape index (κ1) is 19.2. The van der Waals surface area contributed by atoms with Crippen molar-refractivity contribution in [1.29, 1.82) is 5.26 Å². The Kier molecular flexibility index (Phi) is 7.24. The summed E-state index contributed by atoms with van der Waals surface area (Å²) in [6, 6.07) is 18.8. The molecule has 0 bridgehead atoms. The molecule has 3 nitrogen and oxygen atoms in total. The fourth-order valence-corrected chi connectivity index (χ4v) is 3.26. The number of hydrogen-bond acceptors (Lipinski definition) is 3. The lowest BCUT2D eigenvalue weighted by molar-refractivity contribution is 0.0788. The Morgan fingerprint density at radius 3 is 2.52 bits per heavy atom. The van der Waals surface area contributed by atoms with Gasteiger partial charge >= 0.3 is 0 Å². The van der Waals surface area contributed by atoms with Crippen molar-refractivity contribution in [2.75, 3.05) is 19.6 Å². The fraction of sp³-hybridized carbons (Fsp3) is 0.350. The van der Waals surface area contributed by atoms with Crippen LogP contribution in [0.2, 0.25) is 0 Å².